The molecule has 1 aromatic carbocycles. The summed E-state index contributed by atoms with van der Waals surface area (Å²) in [5.74, 6) is 0.205. The fourth-order valence-corrected chi connectivity index (χ4v) is 4.52. The molecule has 3 heterocycles. The molecule has 25 heavy (non-hydrogen) atoms. The van der Waals surface area contributed by atoms with Crippen LogP contribution in [0.1, 0.15) is 48.9 Å². The van der Waals surface area contributed by atoms with Crippen molar-refractivity contribution in [1.29, 1.82) is 0 Å². The van der Waals surface area contributed by atoms with E-state index in [1.54, 1.807) is 0 Å². The molecule has 4 atom stereocenters. The van der Waals surface area contributed by atoms with Crippen LogP contribution in [0.4, 0.5) is 0 Å². The number of carbonyl (C=O) groups excluding carboxylic acids is 2. The van der Waals surface area contributed by atoms with Crippen LogP contribution in [-0.2, 0) is 9.53 Å². The highest BCUT2D eigenvalue weighted by Crippen LogP contribution is 2.40. The molecule has 3 aliphatic heterocycles. The average Bonchev–Trinajstić information content (AvgIpc) is 3.30. The Morgan fingerprint density at radius 2 is 1.96 bits per heavy atom. The second kappa shape index (κ2) is 7.16. The maximum absolute atomic E-state index is 13.0. The van der Waals surface area contributed by atoms with Gasteiger partial charge in [-0.1, -0.05) is 18.2 Å². The van der Waals surface area contributed by atoms with Gasteiger partial charge in [0.25, 0.3) is 5.91 Å². The zero-order valence-corrected chi connectivity index (χ0v) is 14.5. The lowest BCUT2D eigenvalue weighted by Crippen LogP contribution is -2.52. The van der Waals surface area contributed by atoms with Gasteiger partial charge in [-0.25, -0.2) is 0 Å². The minimum atomic E-state index is -0.0678. The van der Waals surface area contributed by atoms with Gasteiger partial charge in [0.05, 0.1) is 18.1 Å². The maximum atomic E-state index is 13.0. The lowest BCUT2D eigenvalue weighted by molar-refractivity contribution is -0.140. The Labute approximate surface area is 148 Å². The Balaban J connectivity index is 1.37. The molecule has 0 aliphatic carbocycles. The molecule has 3 aliphatic rings. The first-order valence-corrected chi connectivity index (χ1v) is 9.51. The number of nitrogens with zero attached hydrogens (tertiary/aromatic N) is 1. The van der Waals surface area contributed by atoms with Crippen LogP contribution in [0.5, 0.6) is 0 Å². The number of ether oxygens (including phenoxy) is 1. The number of amides is 2. The third-order valence-electron chi connectivity index (χ3n) is 5.87. The predicted molar refractivity (Wildman–Crippen MR) is 94.1 cm³/mol. The van der Waals surface area contributed by atoms with Crippen LogP contribution in [0.2, 0.25) is 0 Å². The predicted octanol–water partition coefficient (Wildman–Crippen LogP) is 2.37. The molecule has 0 radical (unpaired) electrons. The molecule has 1 N–H and O–H groups in total. The summed E-state index contributed by atoms with van der Waals surface area (Å²) in [5, 5.41) is 3.01. The van der Waals surface area contributed by atoms with Gasteiger partial charge in [0, 0.05) is 24.7 Å². The standard InChI is InChI=1S/C20H26N2O3/c23-19(14-6-2-1-3-7-14)21-13-15-8-4-5-11-22(15)20(24)17-12-16-9-10-18(17)25-16/h1-3,6-7,15-18H,4-5,8-13H2,(H,21,23)/t15-,16+,17+,18+/m0/s1. The highest BCUT2D eigenvalue weighted by Gasteiger charge is 2.46. The summed E-state index contributed by atoms with van der Waals surface area (Å²) in [6, 6.07) is 9.35. The lowest BCUT2D eigenvalue weighted by atomic mass is 9.87. The van der Waals surface area contributed by atoms with Crippen LogP contribution in [0.25, 0.3) is 0 Å². The fourth-order valence-electron chi connectivity index (χ4n) is 4.52. The van der Waals surface area contributed by atoms with Crippen molar-refractivity contribution in [2.75, 3.05) is 13.1 Å². The molecule has 2 amide bonds. The molecule has 5 nitrogen and oxygen atoms in total. The first-order chi connectivity index (χ1) is 12.2. The van der Waals surface area contributed by atoms with E-state index in [9.17, 15) is 9.59 Å². The third-order valence-corrected chi connectivity index (χ3v) is 5.87. The Morgan fingerprint density at radius 3 is 2.68 bits per heavy atom. The average molecular weight is 342 g/mol. The highest BCUT2D eigenvalue weighted by atomic mass is 16.5. The van der Waals surface area contributed by atoms with Gasteiger partial charge in [0.2, 0.25) is 5.91 Å². The minimum absolute atomic E-state index is 0.0316. The number of piperidine rings is 1. The molecule has 0 aromatic heterocycles. The number of carbonyl (C=O) groups is 2. The van der Waals surface area contributed by atoms with Gasteiger partial charge in [-0.15, -0.1) is 0 Å². The van der Waals surface area contributed by atoms with Gasteiger partial charge < -0.3 is 15.0 Å². The van der Waals surface area contributed by atoms with Gasteiger partial charge >= 0.3 is 0 Å². The summed E-state index contributed by atoms with van der Waals surface area (Å²) < 4.78 is 5.87. The number of nitrogens with one attached hydrogen (secondary N) is 1. The summed E-state index contributed by atoms with van der Waals surface area (Å²) in [6.45, 7) is 1.33. The van der Waals surface area contributed by atoms with Crippen molar-refractivity contribution >= 4 is 11.8 Å². The van der Waals surface area contributed by atoms with Crippen LogP contribution in [0, 0.1) is 5.92 Å². The van der Waals surface area contributed by atoms with Crippen molar-refractivity contribution in [3.8, 4) is 0 Å². The molecular weight excluding hydrogens is 316 g/mol. The minimum Gasteiger partial charge on any atom is -0.374 e. The van der Waals surface area contributed by atoms with Crippen molar-refractivity contribution in [2.45, 2.75) is 56.8 Å². The van der Waals surface area contributed by atoms with E-state index >= 15 is 0 Å². The third kappa shape index (κ3) is 3.43. The molecule has 5 heteroatoms. The smallest absolute Gasteiger partial charge is 0.251 e. The van der Waals surface area contributed by atoms with Crippen molar-refractivity contribution in [2.24, 2.45) is 5.92 Å². The van der Waals surface area contributed by atoms with E-state index in [0.717, 1.165) is 45.1 Å². The summed E-state index contributed by atoms with van der Waals surface area (Å²) in [5.41, 5.74) is 0.665. The summed E-state index contributed by atoms with van der Waals surface area (Å²) in [4.78, 5) is 27.4. The molecule has 0 unspecified atom stereocenters. The van der Waals surface area contributed by atoms with Gasteiger partial charge in [0.15, 0.2) is 0 Å². The first kappa shape index (κ1) is 16.6. The molecule has 0 saturated carbocycles. The van der Waals surface area contributed by atoms with Gasteiger partial charge in [0.1, 0.15) is 0 Å². The zero-order chi connectivity index (χ0) is 17.2. The SMILES string of the molecule is O=C(NC[C@@H]1CCCCN1C(=O)[C@@H]1C[C@H]2CC[C@H]1O2)c1ccccc1. The van der Waals surface area contributed by atoms with E-state index in [-0.39, 0.29) is 29.9 Å². The van der Waals surface area contributed by atoms with Crippen LogP contribution < -0.4 is 5.32 Å². The van der Waals surface area contributed by atoms with Crippen molar-refractivity contribution in [3.05, 3.63) is 35.9 Å². The van der Waals surface area contributed by atoms with E-state index in [1.165, 1.54) is 0 Å². The van der Waals surface area contributed by atoms with Gasteiger partial charge in [-0.2, -0.15) is 0 Å². The first-order valence-electron chi connectivity index (χ1n) is 9.51. The van der Waals surface area contributed by atoms with Crippen LogP contribution in [0.3, 0.4) is 0 Å². The molecule has 134 valence electrons. The number of rotatable bonds is 4. The molecule has 3 fully saturated rings. The van der Waals surface area contributed by atoms with Crippen molar-refractivity contribution < 1.29 is 14.3 Å². The topological polar surface area (TPSA) is 58.6 Å². The zero-order valence-electron chi connectivity index (χ0n) is 14.5. The Hall–Kier alpha value is -1.88. The summed E-state index contributed by atoms with van der Waals surface area (Å²) in [6.07, 6.45) is 6.54. The van der Waals surface area contributed by atoms with E-state index < -0.39 is 0 Å². The number of fused-ring (bicyclic) bond motifs is 2. The number of likely N-dealkylation sites (tertiary alicyclic amines) is 1. The molecular formula is C20H26N2O3. The Kier molecular flexibility index (Phi) is 4.75. The lowest BCUT2D eigenvalue weighted by Gasteiger charge is -2.38. The fraction of sp³-hybridized carbons (Fsp3) is 0.600. The van der Waals surface area contributed by atoms with Gasteiger partial charge in [-0.05, 0) is 50.7 Å². The Bertz CT molecular complexity index is 633. The van der Waals surface area contributed by atoms with Gasteiger partial charge in [-0.3, -0.25) is 9.59 Å². The second-order valence-corrected chi connectivity index (χ2v) is 7.47. The molecule has 1 aromatic rings. The van der Waals surface area contributed by atoms with E-state index in [1.807, 2.05) is 35.2 Å². The van der Waals surface area contributed by atoms with E-state index in [4.69, 9.17) is 4.74 Å². The summed E-state index contributed by atoms with van der Waals surface area (Å²) in [7, 11) is 0. The van der Waals surface area contributed by atoms with Crippen molar-refractivity contribution in [3.63, 3.8) is 0 Å². The van der Waals surface area contributed by atoms with Crippen LogP contribution in [0.15, 0.2) is 30.3 Å². The monoisotopic (exact) mass is 342 g/mol. The highest BCUT2D eigenvalue weighted by molar-refractivity contribution is 5.94. The maximum Gasteiger partial charge on any atom is 0.251 e. The largest absolute Gasteiger partial charge is 0.374 e. The number of benzene rings is 1. The normalized spacial score (nSPS) is 31.1. The number of hydrogen-bond acceptors (Lipinski definition) is 3. The molecule has 3 saturated heterocycles. The quantitative estimate of drug-likeness (QED) is 0.914. The second-order valence-electron chi connectivity index (χ2n) is 7.47. The molecule has 2 bridgehead atoms. The van der Waals surface area contributed by atoms with Crippen LogP contribution in [-0.4, -0.2) is 48.1 Å². The summed E-state index contributed by atoms with van der Waals surface area (Å²) >= 11 is 0. The van der Waals surface area contributed by atoms with E-state index in [2.05, 4.69) is 5.32 Å². The van der Waals surface area contributed by atoms with Crippen LogP contribution >= 0.6 is 0 Å². The van der Waals surface area contributed by atoms with Crippen molar-refractivity contribution in [1.82, 2.24) is 10.2 Å². The number of hydrogen-bond donors (Lipinski definition) is 1. The van der Waals surface area contributed by atoms with E-state index in [0.29, 0.717) is 18.2 Å². The molecule has 0 spiro atoms. The molecule has 4 rings (SSSR count). The Morgan fingerprint density at radius 1 is 1.12 bits per heavy atom.